The molecule has 6 heteroatoms. The third-order valence-corrected chi connectivity index (χ3v) is 4.68. The molecule has 0 bridgehead atoms. The molecule has 1 aliphatic heterocycles. The molecule has 3 aromatic carbocycles. The third kappa shape index (κ3) is 4.34. The van der Waals surface area contributed by atoms with Gasteiger partial charge in [-0.25, -0.2) is 4.39 Å². The molecule has 0 spiro atoms. The van der Waals surface area contributed by atoms with Gasteiger partial charge in [-0.1, -0.05) is 28.1 Å². The fourth-order valence-corrected chi connectivity index (χ4v) is 3.18. The summed E-state index contributed by atoms with van der Waals surface area (Å²) in [6.07, 6.45) is 0. The number of fused-ring (bicyclic) bond motifs is 1. The number of rotatable bonds is 6. The number of halogens is 2. The molecule has 0 aliphatic carbocycles. The molecule has 1 aliphatic rings. The van der Waals surface area contributed by atoms with Gasteiger partial charge in [0.05, 0.1) is 0 Å². The Bertz CT molecular complexity index is 947. The van der Waals surface area contributed by atoms with Gasteiger partial charge in [-0.15, -0.1) is 0 Å². The molecule has 0 amide bonds. The van der Waals surface area contributed by atoms with Gasteiger partial charge in [0.25, 0.3) is 0 Å². The van der Waals surface area contributed by atoms with Gasteiger partial charge in [0, 0.05) is 28.3 Å². The molecule has 0 saturated heterocycles. The highest BCUT2D eigenvalue weighted by molar-refractivity contribution is 9.10. The Hall–Kier alpha value is -2.73. The Morgan fingerprint density at radius 2 is 1.78 bits per heavy atom. The summed E-state index contributed by atoms with van der Waals surface area (Å²) in [5.74, 6) is 2.01. The van der Waals surface area contributed by atoms with Crippen LogP contribution < -0.4 is 19.5 Å². The summed E-state index contributed by atoms with van der Waals surface area (Å²) in [5.41, 5.74) is 2.85. The number of hydrogen-bond acceptors (Lipinski definition) is 4. The molecule has 1 heterocycles. The minimum absolute atomic E-state index is 0.254. The molecule has 0 saturated carbocycles. The summed E-state index contributed by atoms with van der Waals surface area (Å²) in [5, 5.41) is 3.38. The topological polar surface area (TPSA) is 39.7 Å². The highest BCUT2D eigenvalue weighted by Gasteiger charge is 2.13. The molecule has 1 N–H and O–H groups in total. The van der Waals surface area contributed by atoms with Crippen LogP contribution >= 0.6 is 15.9 Å². The summed E-state index contributed by atoms with van der Waals surface area (Å²) >= 11 is 3.51. The van der Waals surface area contributed by atoms with Crippen molar-refractivity contribution in [1.29, 1.82) is 0 Å². The van der Waals surface area contributed by atoms with Crippen LogP contribution in [0.2, 0.25) is 0 Å². The average Bonchev–Trinajstić information content (AvgIpc) is 3.15. The van der Waals surface area contributed by atoms with Crippen molar-refractivity contribution in [3.05, 3.63) is 82.1 Å². The largest absolute Gasteiger partial charge is 0.489 e. The van der Waals surface area contributed by atoms with Crippen LogP contribution in [0.4, 0.5) is 10.1 Å². The third-order valence-electron chi connectivity index (χ3n) is 4.19. The van der Waals surface area contributed by atoms with Gasteiger partial charge in [0.1, 0.15) is 18.2 Å². The van der Waals surface area contributed by atoms with E-state index >= 15 is 0 Å². The van der Waals surface area contributed by atoms with Gasteiger partial charge in [-0.2, -0.15) is 0 Å². The molecule has 0 atom stereocenters. The quantitative estimate of drug-likeness (QED) is 0.560. The van der Waals surface area contributed by atoms with Crippen LogP contribution in [0.1, 0.15) is 11.1 Å². The van der Waals surface area contributed by atoms with E-state index in [1.165, 1.54) is 12.1 Å². The zero-order valence-corrected chi connectivity index (χ0v) is 16.0. The Balaban J connectivity index is 1.45. The predicted octanol–water partition coefficient (Wildman–Crippen LogP) is 5.51. The Morgan fingerprint density at radius 3 is 2.63 bits per heavy atom. The van der Waals surface area contributed by atoms with Crippen molar-refractivity contribution >= 4 is 21.6 Å². The Kier molecular flexibility index (Phi) is 5.16. The first-order valence-corrected chi connectivity index (χ1v) is 9.26. The monoisotopic (exact) mass is 429 g/mol. The Labute approximate surface area is 165 Å². The van der Waals surface area contributed by atoms with E-state index in [9.17, 15) is 4.39 Å². The van der Waals surface area contributed by atoms with E-state index in [1.807, 2.05) is 36.4 Å². The molecular weight excluding hydrogens is 413 g/mol. The van der Waals surface area contributed by atoms with Crippen LogP contribution in [0.5, 0.6) is 17.2 Å². The molecule has 0 fully saturated rings. The average molecular weight is 430 g/mol. The highest BCUT2D eigenvalue weighted by Crippen LogP contribution is 2.34. The fourth-order valence-electron chi connectivity index (χ4n) is 2.77. The van der Waals surface area contributed by atoms with Gasteiger partial charge in [-0.3, -0.25) is 0 Å². The second-order valence-electron chi connectivity index (χ2n) is 6.09. The van der Waals surface area contributed by atoms with Crippen LogP contribution in [0.25, 0.3) is 0 Å². The van der Waals surface area contributed by atoms with Crippen LogP contribution in [0, 0.1) is 5.82 Å². The summed E-state index contributed by atoms with van der Waals surface area (Å²) in [6.45, 7) is 1.21. The lowest BCUT2D eigenvalue weighted by Crippen LogP contribution is -2.04. The van der Waals surface area contributed by atoms with E-state index in [0.717, 1.165) is 38.5 Å². The minimum Gasteiger partial charge on any atom is -0.489 e. The number of anilines is 1. The van der Waals surface area contributed by atoms with Gasteiger partial charge >= 0.3 is 0 Å². The van der Waals surface area contributed by atoms with Crippen molar-refractivity contribution in [2.75, 3.05) is 12.1 Å². The minimum atomic E-state index is -0.254. The van der Waals surface area contributed by atoms with Crippen molar-refractivity contribution in [3.63, 3.8) is 0 Å². The first-order chi connectivity index (χ1) is 13.2. The van der Waals surface area contributed by atoms with E-state index in [4.69, 9.17) is 14.2 Å². The van der Waals surface area contributed by atoms with E-state index in [-0.39, 0.29) is 12.6 Å². The van der Waals surface area contributed by atoms with E-state index < -0.39 is 0 Å². The maximum atomic E-state index is 13.0. The van der Waals surface area contributed by atoms with Gasteiger partial charge in [0.2, 0.25) is 6.79 Å². The maximum Gasteiger partial charge on any atom is 0.231 e. The number of benzene rings is 3. The smallest absolute Gasteiger partial charge is 0.231 e. The normalized spacial score (nSPS) is 12.1. The molecule has 0 radical (unpaired) electrons. The first-order valence-electron chi connectivity index (χ1n) is 8.46. The predicted molar refractivity (Wildman–Crippen MR) is 105 cm³/mol. The van der Waals surface area contributed by atoms with Crippen LogP contribution in [-0.4, -0.2) is 6.79 Å². The van der Waals surface area contributed by atoms with Crippen molar-refractivity contribution in [2.24, 2.45) is 0 Å². The molecule has 0 unspecified atom stereocenters. The van der Waals surface area contributed by atoms with Crippen molar-refractivity contribution < 1.29 is 18.6 Å². The van der Waals surface area contributed by atoms with Gasteiger partial charge in [-0.05, 0) is 48.0 Å². The lowest BCUT2D eigenvalue weighted by atomic mass is 10.2. The maximum absolute atomic E-state index is 13.0. The zero-order chi connectivity index (χ0) is 18.6. The molecule has 3 aromatic rings. The summed E-state index contributed by atoms with van der Waals surface area (Å²) in [4.78, 5) is 0. The van der Waals surface area contributed by atoms with E-state index in [0.29, 0.717) is 13.2 Å². The molecule has 0 aromatic heterocycles. The number of hydrogen-bond donors (Lipinski definition) is 1. The summed E-state index contributed by atoms with van der Waals surface area (Å²) < 4.78 is 30.7. The summed E-state index contributed by atoms with van der Waals surface area (Å²) in [6, 6.07) is 17.9. The molecule has 138 valence electrons. The van der Waals surface area contributed by atoms with E-state index in [1.54, 1.807) is 12.1 Å². The highest BCUT2D eigenvalue weighted by atomic mass is 79.9. The molecule has 27 heavy (non-hydrogen) atoms. The number of ether oxygens (including phenoxy) is 3. The Morgan fingerprint density at radius 1 is 0.963 bits per heavy atom. The second-order valence-corrected chi connectivity index (χ2v) is 7.00. The molecule has 4 nitrogen and oxygen atoms in total. The SMILES string of the molecule is Fc1ccc(COc2ccc(Br)cc2CNc2ccc3c(c2)OCO3)cc1. The number of nitrogens with one attached hydrogen (secondary N) is 1. The van der Waals surface area contributed by atoms with Gasteiger partial charge in [0.15, 0.2) is 11.5 Å². The fraction of sp³-hybridized carbons (Fsp3) is 0.143. The second kappa shape index (κ2) is 7.88. The van der Waals surface area contributed by atoms with E-state index in [2.05, 4.69) is 21.2 Å². The zero-order valence-electron chi connectivity index (χ0n) is 14.4. The summed E-state index contributed by atoms with van der Waals surface area (Å²) in [7, 11) is 0. The standard InChI is InChI=1S/C21H17BrFNO3/c22-16-3-7-19(25-12-14-1-4-17(23)5-2-14)15(9-16)11-24-18-6-8-20-21(10-18)27-13-26-20/h1-10,24H,11-13H2. The lowest BCUT2D eigenvalue weighted by molar-refractivity contribution is 0.174. The van der Waals surface area contributed by atoms with Crippen LogP contribution in [0.3, 0.4) is 0 Å². The molecule has 4 rings (SSSR count). The van der Waals surface area contributed by atoms with Crippen LogP contribution in [-0.2, 0) is 13.2 Å². The van der Waals surface area contributed by atoms with Crippen molar-refractivity contribution in [2.45, 2.75) is 13.2 Å². The lowest BCUT2D eigenvalue weighted by Gasteiger charge is -2.14. The van der Waals surface area contributed by atoms with Crippen LogP contribution in [0.15, 0.2) is 65.1 Å². The van der Waals surface area contributed by atoms with Crippen molar-refractivity contribution in [3.8, 4) is 17.2 Å². The first kappa shape index (κ1) is 17.7. The van der Waals surface area contributed by atoms with Crippen molar-refractivity contribution in [1.82, 2.24) is 0 Å². The molecular formula is C21H17BrFNO3. The van der Waals surface area contributed by atoms with Gasteiger partial charge < -0.3 is 19.5 Å².